The molecule has 1 rings (SSSR count). The summed E-state index contributed by atoms with van der Waals surface area (Å²) >= 11 is 0. The van der Waals surface area contributed by atoms with Crippen molar-refractivity contribution in [3.8, 4) is 0 Å². The molecule has 2 unspecified atom stereocenters. The summed E-state index contributed by atoms with van der Waals surface area (Å²) in [5.41, 5.74) is 2.59. The minimum atomic E-state index is 0.554. The van der Waals surface area contributed by atoms with Crippen LogP contribution < -0.4 is 5.32 Å². The van der Waals surface area contributed by atoms with Gasteiger partial charge in [-0.3, -0.25) is 4.98 Å². The van der Waals surface area contributed by atoms with Crippen molar-refractivity contribution in [1.29, 1.82) is 0 Å². The number of pyridine rings is 1. The van der Waals surface area contributed by atoms with Crippen LogP contribution in [0.15, 0.2) is 18.5 Å². The van der Waals surface area contributed by atoms with E-state index in [4.69, 9.17) is 0 Å². The van der Waals surface area contributed by atoms with Gasteiger partial charge in [-0.1, -0.05) is 33.8 Å². The maximum Gasteiger partial charge on any atom is 0.0302 e. The summed E-state index contributed by atoms with van der Waals surface area (Å²) in [6.45, 7) is 12.1. The lowest BCUT2D eigenvalue weighted by atomic mass is 9.89. The second-order valence-corrected chi connectivity index (χ2v) is 5.12. The van der Waals surface area contributed by atoms with Crippen LogP contribution in [0.2, 0.25) is 0 Å². The molecule has 16 heavy (non-hydrogen) atoms. The van der Waals surface area contributed by atoms with E-state index >= 15 is 0 Å². The number of nitrogens with zero attached hydrogens (tertiary/aromatic N) is 1. The van der Waals surface area contributed by atoms with Crippen molar-refractivity contribution in [2.45, 2.75) is 46.6 Å². The molecule has 1 heterocycles. The van der Waals surface area contributed by atoms with Gasteiger partial charge in [-0.2, -0.15) is 0 Å². The third-order valence-electron chi connectivity index (χ3n) is 3.12. The summed E-state index contributed by atoms with van der Waals surface area (Å²) in [6.07, 6.45) is 3.90. The maximum atomic E-state index is 4.26. The van der Waals surface area contributed by atoms with E-state index in [1.54, 1.807) is 0 Å². The van der Waals surface area contributed by atoms with Crippen LogP contribution in [0.5, 0.6) is 0 Å². The van der Waals surface area contributed by atoms with Crippen molar-refractivity contribution < 1.29 is 0 Å². The first kappa shape index (κ1) is 13.2. The van der Waals surface area contributed by atoms with E-state index < -0.39 is 0 Å². The van der Waals surface area contributed by atoms with Gasteiger partial charge in [0, 0.05) is 18.4 Å². The van der Waals surface area contributed by atoms with Crippen LogP contribution in [0, 0.1) is 12.8 Å². The van der Waals surface area contributed by atoms with Gasteiger partial charge in [-0.25, -0.2) is 0 Å². The average molecular weight is 220 g/mol. The third kappa shape index (κ3) is 3.93. The van der Waals surface area contributed by atoms with Gasteiger partial charge in [0.15, 0.2) is 0 Å². The molecule has 0 fully saturated rings. The zero-order valence-corrected chi connectivity index (χ0v) is 11.1. The van der Waals surface area contributed by atoms with E-state index in [0.29, 0.717) is 17.9 Å². The molecule has 0 aliphatic carbocycles. The molecule has 0 aromatic carbocycles. The fourth-order valence-corrected chi connectivity index (χ4v) is 1.75. The molecule has 1 aromatic heterocycles. The highest BCUT2D eigenvalue weighted by Crippen LogP contribution is 2.23. The van der Waals surface area contributed by atoms with Crippen LogP contribution in [0.25, 0.3) is 0 Å². The number of aromatic nitrogens is 1. The average Bonchev–Trinajstić information content (AvgIpc) is 2.24. The lowest BCUT2D eigenvalue weighted by Crippen LogP contribution is -2.29. The van der Waals surface area contributed by atoms with Crippen molar-refractivity contribution >= 4 is 0 Å². The molecule has 2 atom stereocenters. The Bertz CT molecular complexity index is 320. The number of aryl methyl sites for hydroxylation is 1. The van der Waals surface area contributed by atoms with Gasteiger partial charge in [0.2, 0.25) is 0 Å². The predicted octanol–water partition coefficient (Wildman–Crippen LogP) is 3.13. The van der Waals surface area contributed by atoms with E-state index in [1.807, 2.05) is 12.4 Å². The Kier molecular flexibility index (Phi) is 4.94. The van der Waals surface area contributed by atoms with Crippen molar-refractivity contribution in [3.63, 3.8) is 0 Å². The van der Waals surface area contributed by atoms with Crippen molar-refractivity contribution in [2.24, 2.45) is 5.92 Å². The highest BCUT2D eigenvalue weighted by molar-refractivity contribution is 5.20. The molecule has 0 radical (unpaired) electrons. The normalized spacial score (nSPS) is 15.1. The van der Waals surface area contributed by atoms with Crippen LogP contribution >= 0.6 is 0 Å². The Morgan fingerprint density at radius 1 is 1.19 bits per heavy atom. The molecule has 1 N–H and O–H groups in total. The first-order chi connectivity index (χ1) is 7.50. The van der Waals surface area contributed by atoms with Gasteiger partial charge in [-0.15, -0.1) is 0 Å². The summed E-state index contributed by atoms with van der Waals surface area (Å²) in [5, 5.41) is 3.49. The topological polar surface area (TPSA) is 24.9 Å². The molecule has 0 aliphatic heterocycles. The molecule has 2 heteroatoms. The molecule has 0 aliphatic rings. The van der Waals surface area contributed by atoms with Crippen molar-refractivity contribution in [2.75, 3.05) is 6.54 Å². The zero-order chi connectivity index (χ0) is 12.1. The fraction of sp³-hybridized carbons (Fsp3) is 0.643. The van der Waals surface area contributed by atoms with E-state index in [0.717, 1.165) is 6.54 Å². The summed E-state index contributed by atoms with van der Waals surface area (Å²) in [6, 6.07) is 2.80. The van der Waals surface area contributed by atoms with Gasteiger partial charge in [0.1, 0.15) is 0 Å². The van der Waals surface area contributed by atoms with E-state index in [9.17, 15) is 0 Å². The lowest BCUT2D eigenvalue weighted by molar-refractivity contribution is 0.425. The Morgan fingerprint density at radius 3 is 2.44 bits per heavy atom. The van der Waals surface area contributed by atoms with Crippen molar-refractivity contribution in [1.82, 2.24) is 10.3 Å². The van der Waals surface area contributed by atoms with Gasteiger partial charge in [0.05, 0.1) is 0 Å². The van der Waals surface area contributed by atoms with Crippen LogP contribution in [0.4, 0.5) is 0 Å². The Hall–Kier alpha value is -0.890. The summed E-state index contributed by atoms with van der Waals surface area (Å²) < 4.78 is 0. The highest BCUT2D eigenvalue weighted by Gasteiger charge is 2.14. The number of nitrogens with one attached hydrogen (secondary N) is 1. The monoisotopic (exact) mass is 220 g/mol. The van der Waals surface area contributed by atoms with Crippen LogP contribution in [-0.2, 0) is 0 Å². The minimum Gasteiger partial charge on any atom is -0.314 e. The Balaban J connectivity index is 2.59. The smallest absolute Gasteiger partial charge is 0.0302 e. The third-order valence-corrected chi connectivity index (χ3v) is 3.12. The molecule has 1 aromatic rings. The largest absolute Gasteiger partial charge is 0.314 e. The highest BCUT2D eigenvalue weighted by atomic mass is 14.9. The van der Waals surface area contributed by atoms with E-state index in [-0.39, 0.29) is 0 Å². The second-order valence-electron chi connectivity index (χ2n) is 5.12. The van der Waals surface area contributed by atoms with Gasteiger partial charge in [0.25, 0.3) is 0 Å². The molecular formula is C14H24N2. The fourth-order valence-electron chi connectivity index (χ4n) is 1.75. The number of hydrogen-bond acceptors (Lipinski definition) is 2. The summed E-state index contributed by atoms with van der Waals surface area (Å²) in [4.78, 5) is 4.26. The molecule has 2 nitrogen and oxygen atoms in total. The molecule has 0 saturated carbocycles. The summed E-state index contributed by atoms with van der Waals surface area (Å²) in [5.74, 6) is 1.18. The molecule has 0 amide bonds. The molecule has 0 saturated heterocycles. The molecule has 0 bridgehead atoms. The first-order valence-corrected chi connectivity index (χ1v) is 6.15. The molecular weight excluding hydrogens is 196 g/mol. The summed E-state index contributed by atoms with van der Waals surface area (Å²) in [7, 11) is 0. The second kappa shape index (κ2) is 6.00. The Labute approximate surface area is 99.5 Å². The van der Waals surface area contributed by atoms with Crippen LogP contribution in [-0.4, -0.2) is 17.6 Å². The Morgan fingerprint density at radius 2 is 1.88 bits per heavy atom. The standard InChI is InChI=1S/C14H24N2/c1-10(2)16-8-12(4)13(5)14-6-11(3)7-15-9-14/h6-7,9-10,12-13,16H,8H2,1-5H3. The van der Waals surface area contributed by atoms with Crippen LogP contribution in [0.1, 0.15) is 44.7 Å². The first-order valence-electron chi connectivity index (χ1n) is 6.15. The van der Waals surface area contributed by atoms with E-state index in [2.05, 4.69) is 51.0 Å². The quantitative estimate of drug-likeness (QED) is 0.824. The number of rotatable bonds is 5. The lowest BCUT2D eigenvalue weighted by Gasteiger charge is -2.22. The molecule has 90 valence electrons. The minimum absolute atomic E-state index is 0.554. The maximum absolute atomic E-state index is 4.26. The van der Waals surface area contributed by atoms with Crippen molar-refractivity contribution in [3.05, 3.63) is 29.6 Å². The van der Waals surface area contributed by atoms with Gasteiger partial charge >= 0.3 is 0 Å². The zero-order valence-electron chi connectivity index (χ0n) is 11.1. The van der Waals surface area contributed by atoms with Crippen LogP contribution in [0.3, 0.4) is 0 Å². The SMILES string of the molecule is Cc1cncc(C(C)C(C)CNC(C)C)c1. The predicted molar refractivity (Wildman–Crippen MR) is 69.7 cm³/mol. The van der Waals surface area contributed by atoms with E-state index in [1.165, 1.54) is 11.1 Å². The van der Waals surface area contributed by atoms with Gasteiger partial charge in [-0.05, 0) is 36.4 Å². The number of hydrogen-bond donors (Lipinski definition) is 1. The van der Waals surface area contributed by atoms with Gasteiger partial charge < -0.3 is 5.32 Å². The molecule has 0 spiro atoms.